The normalized spacial score (nSPS) is 31.5. The molecule has 0 saturated heterocycles. The molecule has 0 spiro atoms. The third-order valence-corrected chi connectivity index (χ3v) is 5.95. The van der Waals surface area contributed by atoms with Crippen LogP contribution in [0.4, 0.5) is 0 Å². The third kappa shape index (κ3) is 6.11. The van der Waals surface area contributed by atoms with Crippen molar-refractivity contribution in [3.05, 3.63) is 48.6 Å². The Bertz CT molecular complexity index is 395. The van der Waals surface area contributed by atoms with Crippen molar-refractivity contribution in [1.82, 2.24) is 0 Å². The minimum absolute atomic E-state index is 0.741. The maximum absolute atomic E-state index is 4.04. The molecule has 2 aliphatic rings. The van der Waals surface area contributed by atoms with Crippen LogP contribution in [0, 0.1) is 11.8 Å². The number of rotatable bonds is 5. The molecule has 0 nitrogen and oxygen atoms in total. The molecule has 0 bridgehead atoms. The smallest absolute Gasteiger partial charge is 0.0134 e. The van der Waals surface area contributed by atoms with Gasteiger partial charge in [0.25, 0.3) is 0 Å². The van der Waals surface area contributed by atoms with Crippen LogP contribution in [0.5, 0.6) is 0 Å². The molecule has 0 aromatic carbocycles. The van der Waals surface area contributed by atoms with Crippen molar-refractivity contribution in [3.63, 3.8) is 0 Å². The van der Waals surface area contributed by atoms with Crippen molar-refractivity contribution in [2.75, 3.05) is 0 Å². The second-order valence-corrected chi connectivity index (χ2v) is 7.74. The van der Waals surface area contributed by atoms with E-state index in [-0.39, 0.29) is 0 Å². The average Bonchev–Trinajstić information content (AvgIpc) is 2.77. The summed E-state index contributed by atoms with van der Waals surface area (Å²) in [5, 5.41) is 0. The quantitative estimate of drug-likeness (QED) is 0.450. The molecule has 0 unspecified atom stereocenters. The van der Waals surface area contributed by atoms with Crippen LogP contribution < -0.4 is 0 Å². The van der Waals surface area contributed by atoms with Gasteiger partial charge < -0.3 is 0 Å². The summed E-state index contributed by atoms with van der Waals surface area (Å²) >= 11 is 0. The lowest BCUT2D eigenvalue weighted by atomic mass is 9.73. The summed E-state index contributed by atoms with van der Waals surface area (Å²) in [5.41, 5.74) is 3.37. The number of allylic oxidation sites excluding steroid dienone is 6. The Balaban J connectivity index is 2.29. The molecule has 0 heteroatoms. The Labute approximate surface area is 150 Å². The van der Waals surface area contributed by atoms with Gasteiger partial charge in [-0.15, -0.1) is 13.2 Å². The highest BCUT2D eigenvalue weighted by molar-refractivity contribution is 5.21. The molecule has 2 rings (SSSR count). The lowest BCUT2D eigenvalue weighted by Gasteiger charge is -2.31. The van der Waals surface area contributed by atoms with Gasteiger partial charge in [0.1, 0.15) is 0 Å². The van der Waals surface area contributed by atoms with Crippen LogP contribution in [0.15, 0.2) is 48.6 Å². The summed E-state index contributed by atoms with van der Waals surface area (Å²) in [6.45, 7) is 8.09. The Hall–Kier alpha value is -1.04. The maximum Gasteiger partial charge on any atom is -0.0134 e. The van der Waals surface area contributed by atoms with Gasteiger partial charge in [-0.3, -0.25) is 0 Å². The maximum atomic E-state index is 4.04. The summed E-state index contributed by atoms with van der Waals surface area (Å²) < 4.78 is 0. The Morgan fingerprint density at radius 1 is 0.667 bits per heavy atom. The third-order valence-electron chi connectivity index (χ3n) is 5.95. The van der Waals surface area contributed by atoms with Crippen molar-refractivity contribution < 1.29 is 0 Å². The Kier molecular flexibility index (Phi) is 9.24. The number of hydrogen-bond acceptors (Lipinski definition) is 0. The van der Waals surface area contributed by atoms with Gasteiger partial charge in [0.2, 0.25) is 0 Å². The van der Waals surface area contributed by atoms with E-state index < -0.39 is 0 Å². The molecular weight excluding hydrogens is 288 g/mol. The second kappa shape index (κ2) is 11.5. The Morgan fingerprint density at radius 2 is 1.08 bits per heavy atom. The first-order valence-corrected chi connectivity index (χ1v) is 10.5. The first kappa shape index (κ1) is 19.3. The predicted octanol–water partition coefficient (Wildman–Crippen LogP) is 7.93. The molecule has 0 aromatic heterocycles. The zero-order chi connectivity index (χ0) is 17.0. The van der Waals surface area contributed by atoms with Crippen molar-refractivity contribution in [2.24, 2.45) is 11.8 Å². The molecule has 0 heterocycles. The topological polar surface area (TPSA) is 0 Å². The van der Waals surface area contributed by atoms with E-state index in [0.717, 1.165) is 24.7 Å². The fraction of sp³-hybridized carbons (Fsp3) is 0.667. The predicted molar refractivity (Wildman–Crippen MR) is 108 cm³/mol. The first-order valence-electron chi connectivity index (χ1n) is 10.5. The molecule has 0 aromatic rings. The zero-order valence-corrected chi connectivity index (χ0v) is 15.8. The average molecular weight is 327 g/mol. The SMILES string of the molecule is C=CC/C1=C/CCCCCC[C@H]1[C@@H]1CCCCCC/C=C\1CC=C. The van der Waals surface area contributed by atoms with Gasteiger partial charge in [-0.2, -0.15) is 0 Å². The van der Waals surface area contributed by atoms with E-state index in [0.29, 0.717) is 0 Å². The van der Waals surface area contributed by atoms with E-state index in [1.807, 2.05) is 0 Å². The van der Waals surface area contributed by atoms with Crippen LogP contribution in [0.3, 0.4) is 0 Å². The van der Waals surface area contributed by atoms with Crippen LogP contribution in [0.25, 0.3) is 0 Å². The summed E-state index contributed by atoms with van der Waals surface area (Å²) in [5.74, 6) is 1.48. The highest BCUT2D eigenvalue weighted by Crippen LogP contribution is 2.40. The van der Waals surface area contributed by atoms with Gasteiger partial charge in [-0.1, -0.05) is 74.0 Å². The van der Waals surface area contributed by atoms with E-state index in [1.54, 1.807) is 11.1 Å². The molecule has 24 heavy (non-hydrogen) atoms. The minimum Gasteiger partial charge on any atom is -0.103 e. The van der Waals surface area contributed by atoms with Gasteiger partial charge in [0, 0.05) is 0 Å². The molecule has 0 fully saturated rings. The standard InChI is InChI=1S/C24H38/c1-3-15-21-17-11-7-5-9-13-19-23(21)24-20-14-10-6-8-12-18-22(24)16-4-2/h3-4,17-18,23-24H,1-2,5-16,19-20H2/b21-17-,22-18-/t23-,24-/m1/s1. The molecule has 134 valence electrons. The number of hydrogen-bond donors (Lipinski definition) is 0. The van der Waals surface area contributed by atoms with Crippen LogP contribution in [-0.4, -0.2) is 0 Å². The van der Waals surface area contributed by atoms with E-state index >= 15 is 0 Å². The zero-order valence-electron chi connectivity index (χ0n) is 15.8. The summed E-state index contributed by atoms with van der Waals surface area (Å²) in [4.78, 5) is 0. The highest BCUT2D eigenvalue weighted by Gasteiger charge is 2.27. The van der Waals surface area contributed by atoms with E-state index in [9.17, 15) is 0 Å². The van der Waals surface area contributed by atoms with Crippen molar-refractivity contribution in [2.45, 2.75) is 89.9 Å². The monoisotopic (exact) mass is 326 g/mol. The molecule has 2 aliphatic carbocycles. The van der Waals surface area contributed by atoms with Crippen molar-refractivity contribution in [1.29, 1.82) is 0 Å². The molecule has 0 radical (unpaired) electrons. The summed E-state index contributed by atoms with van der Waals surface area (Å²) in [6.07, 6.45) is 28.1. The highest BCUT2D eigenvalue weighted by atomic mass is 14.3. The van der Waals surface area contributed by atoms with Gasteiger partial charge in [-0.05, 0) is 63.2 Å². The van der Waals surface area contributed by atoms with Gasteiger partial charge >= 0.3 is 0 Å². The molecule has 2 atom stereocenters. The molecule has 0 N–H and O–H groups in total. The van der Waals surface area contributed by atoms with Crippen LogP contribution in [0.2, 0.25) is 0 Å². The van der Waals surface area contributed by atoms with Crippen LogP contribution in [-0.2, 0) is 0 Å². The fourth-order valence-electron chi connectivity index (χ4n) is 4.69. The van der Waals surface area contributed by atoms with Crippen molar-refractivity contribution >= 4 is 0 Å². The molecule has 0 aliphatic heterocycles. The Morgan fingerprint density at radius 3 is 1.50 bits per heavy atom. The lowest BCUT2D eigenvalue weighted by Crippen LogP contribution is -2.20. The van der Waals surface area contributed by atoms with Crippen molar-refractivity contribution in [3.8, 4) is 0 Å². The fourth-order valence-corrected chi connectivity index (χ4v) is 4.69. The van der Waals surface area contributed by atoms with E-state index in [4.69, 9.17) is 0 Å². The summed E-state index contributed by atoms with van der Waals surface area (Å²) in [6, 6.07) is 0. The van der Waals surface area contributed by atoms with Gasteiger partial charge in [0.15, 0.2) is 0 Å². The second-order valence-electron chi connectivity index (χ2n) is 7.74. The molecular formula is C24H38. The summed E-state index contributed by atoms with van der Waals surface area (Å²) in [7, 11) is 0. The minimum atomic E-state index is 0.741. The largest absolute Gasteiger partial charge is 0.103 e. The van der Waals surface area contributed by atoms with Crippen LogP contribution >= 0.6 is 0 Å². The molecule has 0 amide bonds. The lowest BCUT2D eigenvalue weighted by molar-refractivity contribution is 0.354. The van der Waals surface area contributed by atoms with E-state index in [2.05, 4.69) is 37.5 Å². The van der Waals surface area contributed by atoms with Crippen LogP contribution in [0.1, 0.15) is 89.9 Å². The van der Waals surface area contributed by atoms with Gasteiger partial charge in [-0.25, -0.2) is 0 Å². The molecule has 0 saturated carbocycles. The first-order chi connectivity index (χ1) is 11.9. The van der Waals surface area contributed by atoms with E-state index in [1.165, 1.54) is 77.0 Å². The van der Waals surface area contributed by atoms with Gasteiger partial charge in [0.05, 0.1) is 0 Å².